The zero-order valence-corrected chi connectivity index (χ0v) is 13.6. The third kappa shape index (κ3) is 2.89. The van der Waals surface area contributed by atoms with Crippen LogP contribution in [0.4, 0.5) is 0 Å². The van der Waals surface area contributed by atoms with E-state index in [2.05, 4.69) is 6.07 Å². The molecule has 1 aromatic rings. The summed E-state index contributed by atoms with van der Waals surface area (Å²) in [5.41, 5.74) is 4.77. The maximum Gasteiger partial charge on any atom is 0.316 e. The second-order valence-corrected chi connectivity index (χ2v) is 5.68. The van der Waals surface area contributed by atoms with Crippen molar-refractivity contribution in [3.05, 3.63) is 76.6 Å². The molecule has 1 unspecified atom stereocenters. The summed E-state index contributed by atoms with van der Waals surface area (Å²) in [4.78, 5) is 11.8. The van der Waals surface area contributed by atoms with Gasteiger partial charge in [0.15, 0.2) is 0 Å². The van der Waals surface area contributed by atoms with E-state index in [0.29, 0.717) is 12.2 Å². The zero-order chi connectivity index (χ0) is 17.1. The molecule has 0 aromatic heterocycles. The molecule has 0 N–H and O–H groups in total. The fraction of sp³-hybridized carbons (Fsp3) is 0.200. The number of carbonyl (C=O) groups is 1. The van der Waals surface area contributed by atoms with Gasteiger partial charge >= 0.3 is 5.97 Å². The van der Waals surface area contributed by atoms with Crippen LogP contribution in [0.25, 0.3) is 5.57 Å². The molecule has 1 heterocycles. The first-order chi connectivity index (χ1) is 11.6. The Balaban J connectivity index is 2.03. The molecule has 4 nitrogen and oxygen atoms in total. The molecule has 1 aliphatic heterocycles. The van der Waals surface area contributed by atoms with Crippen molar-refractivity contribution in [2.24, 2.45) is 5.92 Å². The lowest BCUT2D eigenvalue weighted by Crippen LogP contribution is -2.10. The molecule has 3 rings (SSSR count). The van der Waals surface area contributed by atoms with Gasteiger partial charge in [0.05, 0.1) is 24.7 Å². The number of methoxy groups -OCH3 is 1. The second-order valence-electron chi connectivity index (χ2n) is 5.68. The lowest BCUT2D eigenvalue weighted by atomic mass is 9.90. The molecule has 1 atom stereocenters. The van der Waals surface area contributed by atoms with Crippen molar-refractivity contribution >= 4 is 11.5 Å². The van der Waals surface area contributed by atoms with E-state index in [0.717, 1.165) is 28.0 Å². The molecule has 0 radical (unpaired) electrons. The molecule has 2 aliphatic rings. The minimum Gasteiger partial charge on any atom is -0.489 e. The van der Waals surface area contributed by atoms with E-state index in [1.54, 1.807) is 18.2 Å². The van der Waals surface area contributed by atoms with Gasteiger partial charge in [0.2, 0.25) is 0 Å². The summed E-state index contributed by atoms with van der Waals surface area (Å²) >= 11 is 0. The minimum absolute atomic E-state index is 0.303. The van der Waals surface area contributed by atoms with E-state index < -0.39 is 5.92 Å². The number of ether oxygens (including phenoxy) is 2. The van der Waals surface area contributed by atoms with E-state index in [4.69, 9.17) is 14.7 Å². The summed E-state index contributed by atoms with van der Waals surface area (Å²) in [6, 6.07) is 9.61. The monoisotopic (exact) mass is 319 g/mol. The van der Waals surface area contributed by atoms with E-state index >= 15 is 0 Å². The molecule has 0 saturated carbocycles. The van der Waals surface area contributed by atoms with Crippen LogP contribution < -0.4 is 0 Å². The predicted molar refractivity (Wildman–Crippen MR) is 90.5 cm³/mol. The van der Waals surface area contributed by atoms with Crippen molar-refractivity contribution in [3.8, 4) is 6.07 Å². The van der Waals surface area contributed by atoms with Crippen molar-refractivity contribution < 1.29 is 14.3 Å². The molecule has 0 bridgehead atoms. The molecular formula is C20H17NO3. The maximum absolute atomic E-state index is 11.8. The largest absolute Gasteiger partial charge is 0.489 e. The first kappa shape index (κ1) is 15.8. The van der Waals surface area contributed by atoms with Crippen LogP contribution in [0, 0.1) is 17.2 Å². The van der Waals surface area contributed by atoms with Crippen LogP contribution in [0.2, 0.25) is 0 Å². The molecule has 1 aliphatic carbocycles. The minimum atomic E-state index is -0.424. The fourth-order valence-electron chi connectivity index (χ4n) is 2.85. The topological polar surface area (TPSA) is 59.3 Å². The van der Waals surface area contributed by atoms with Gasteiger partial charge in [-0.1, -0.05) is 30.4 Å². The maximum atomic E-state index is 11.8. The highest BCUT2D eigenvalue weighted by Crippen LogP contribution is 2.36. The summed E-state index contributed by atoms with van der Waals surface area (Å²) < 4.78 is 10.6. The van der Waals surface area contributed by atoms with Gasteiger partial charge in [-0.05, 0) is 41.8 Å². The molecule has 0 amide bonds. The average molecular weight is 319 g/mol. The average Bonchev–Trinajstić information content (AvgIpc) is 2.84. The number of rotatable bonds is 2. The number of hydrogen-bond donors (Lipinski definition) is 0. The predicted octanol–water partition coefficient (Wildman–Crippen LogP) is 3.53. The van der Waals surface area contributed by atoms with E-state index in [-0.39, 0.29) is 5.97 Å². The number of nitriles is 1. The van der Waals surface area contributed by atoms with Gasteiger partial charge in [-0.15, -0.1) is 0 Å². The summed E-state index contributed by atoms with van der Waals surface area (Å²) in [7, 11) is 1.38. The van der Waals surface area contributed by atoms with Gasteiger partial charge < -0.3 is 9.47 Å². The quantitative estimate of drug-likeness (QED) is 0.782. The van der Waals surface area contributed by atoms with Gasteiger partial charge in [0.25, 0.3) is 0 Å². The highest BCUT2D eigenvalue weighted by atomic mass is 16.5. The highest BCUT2D eigenvalue weighted by molar-refractivity contribution is 5.87. The van der Waals surface area contributed by atoms with Crippen LogP contribution in [0.15, 0.2) is 65.5 Å². The third-order valence-electron chi connectivity index (χ3n) is 4.11. The number of hydrogen-bond acceptors (Lipinski definition) is 4. The molecule has 120 valence electrons. The van der Waals surface area contributed by atoms with Crippen LogP contribution in [-0.2, 0) is 14.3 Å². The molecule has 1 aromatic carbocycles. The van der Waals surface area contributed by atoms with Gasteiger partial charge in [-0.3, -0.25) is 4.79 Å². The SMILES string of the molecule is COC(=O)C1C=CC2=C(C=C1)C(c1ccc(C#N)cc1)=C(C)CO2. The Hall–Kier alpha value is -3.06. The standard InChI is InChI=1S/C20H17NO3/c1-13-12-24-18-10-8-16(20(22)23-2)7-9-17(18)19(13)15-5-3-14(11-21)4-6-15/h3-10,16H,12H2,1-2H3. The van der Waals surface area contributed by atoms with E-state index in [9.17, 15) is 4.79 Å². The first-order valence-corrected chi connectivity index (χ1v) is 7.66. The fourth-order valence-corrected chi connectivity index (χ4v) is 2.85. The summed E-state index contributed by atoms with van der Waals surface area (Å²) in [5, 5.41) is 8.96. The highest BCUT2D eigenvalue weighted by Gasteiger charge is 2.23. The van der Waals surface area contributed by atoms with Crippen molar-refractivity contribution in [2.75, 3.05) is 13.7 Å². The molecule has 0 saturated heterocycles. The molecular weight excluding hydrogens is 302 g/mol. The Kier molecular flexibility index (Phi) is 4.35. The van der Waals surface area contributed by atoms with Crippen LogP contribution in [0.5, 0.6) is 0 Å². The zero-order valence-electron chi connectivity index (χ0n) is 13.6. The van der Waals surface area contributed by atoms with Crippen molar-refractivity contribution in [1.29, 1.82) is 5.26 Å². The van der Waals surface area contributed by atoms with E-state index in [1.807, 2.05) is 37.3 Å². The number of carbonyl (C=O) groups excluding carboxylic acids is 1. The Bertz CT molecular complexity index is 833. The summed E-state index contributed by atoms with van der Waals surface area (Å²) in [6.45, 7) is 2.52. The van der Waals surface area contributed by atoms with Gasteiger partial charge in [-0.25, -0.2) is 0 Å². The Morgan fingerprint density at radius 2 is 1.96 bits per heavy atom. The number of benzene rings is 1. The molecule has 24 heavy (non-hydrogen) atoms. The van der Waals surface area contributed by atoms with Crippen LogP contribution in [-0.4, -0.2) is 19.7 Å². The molecule has 4 heteroatoms. The lowest BCUT2D eigenvalue weighted by molar-refractivity contribution is -0.142. The van der Waals surface area contributed by atoms with Crippen molar-refractivity contribution in [2.45, 2.75) is 6.92 Å². The van der Waals surface area contributed by atoms with Crippen LogP contribution in [0.3, 0.4) is 0 Å². The Labute approximate surface area is 141 Å². The Morgan fingerprint density at radius 3 is 2.62 bits per heavy atom. The van der Waals surface area contributed by atoms with Gasteiger partial charge in [0.1, 0.15) is 12.4 Å². The number of esters is 1. The summed E-state index contributed by atoms with van der Waals surface area (Å²) in [6.07, 6.45) is 7.33. The van der Waals surface area contributed by atoms with Gasteiger partial charge in [0, 0.05) is 5.57 Å². The van der Waals surface area contributed by atoms with Crippen molar-refractivity contribution in [3.63, 3.8) is 0 Å². The van der Waals surface area contributed by atoms with Gasteiger partial charge in [-0.2, -0.15) is 5.26 Å². The second kappa shape index (κ2) is 6.59. The van der Waals surface area contributed by atoms with Crippen LogP contribution >= 0.6 is 0 Å². The Morgan fingerprint density at radius 1 is 1.25 bits per heavy atom. The molecule has 0 spiro atoms. The van der Waals surface area contributed by atoms with Crippen LogP contribution in [0.1, 0.15) is 18.1 Å². The van der Waals surface area contributed by atoms with E-state index in [1.165, 1.54) is 7.11 Å². The lowest BCUT2D eigenvalue weighted by Gasteiger charge is -2.22. The number of allylic oxidation sites excluding steroid dienone is 4. The first-order valence-electron chi connectivity index (χ1n) is 7.66. The number of nitrogens with zero attached hydrogens (tertiary/aromatic N) is 1. The van der Waals surface area contributed by atoms with Crippen molar-refractivity contribution in [1.82, 2.24) is 0 Å². The summed E-state index contributed by atoms with van der Waals surface area (Å²) in [5.74, 6) is 0.0114. The normalized spacial score (nSPS) is 19.3. The third-order valence-corrected chi connectivity index (χ3v) is 4.11. The smallest absolute Gasteiger partial charge is 0.316 e. The molecule has 0 fully saturated rings.